The lowest BCUT2D eigenvalue weighted by Gasteiger charge is -2.16. The van der Waals surface area contributed by atoms with Crippen LogP contribution in [0.4, 0.5) is 0 Å². The van der Waals surface area contributed by atoms with Crippen molar-refractivity contribution in [2.24, 2.45) is 0 Å². The summed E-state index contributed by atoms with van der Waals surface area (Å²) in [6.45, 7) is 1.82. The molecule has 1 aliphatic rings. The third-order valence-corrected chi connectivity index (χ3v) is 3.35. The van der Waals surface area contributed by atoms with Crippen molar-refractivity contribution in [1.82, 2.24) is 0 Å². The maximum Gasteiger partial charge on any atom is 0.343 e. The van der Waals surface area contributed by atoms with Crippen molar-refractivity contribution in [1.29, 1.82) is 0 Å². The fourth-order valence-corrected chi connectivity index (χ4v) is 2.55. The SMILES string of the molecule is Cc1cc2cc3c(cc2c(=O)o1)CCCC3. The van der Waals surface area contributed by atoms with Gasteiger partial charge in [-0.15, -0.1) is 0 Å². The molecule has 0 atom stereocenters. The largest absolute Gasteiger partial charge is 0.428 e. The summed E-state index contributed by atoms with van der Waals surface area (Å²) in [6, 6.07) is 6.13. The second-order valence-electron chi connectivity index (χ2n) is 4.56. The van der Waals surface area contributed by atoms with Crippen LogP contribution in [0.2, 0.25) is 0 Å². The van der Waals surface area contributed by atoms with Crippen molar-refractivity contribution >= 4 is 10.8 Å². The van der Waals surface area contributed by atoms with Gasteiger partial charge in [-0.1, -0.05) is 6.07 Å². The Balaban J connectivity index is 2.35. The molecule has 82 valence electrons. The zero-order valence-electron chi connectivity index (χ0n) is 9.38. The monoisotopic (exact) mass is 214 g/mol. The smallest absolute Gasteiger partial charge is 0.343 e. The van der Waals surface area contributed by atoms with Crippen LogP contribution in [0.3, 0.4) is 0 Å². The van der Waals surface area contributed by atoms with Crippen molar-refractivity contribution in [3.8, 4) is 0 Å². The predicted molar refractivity (Wildman–Crippen MR) is 63.9 cm³/mol. The standard InChI is InChI=1S/C14H14O2/c1-9-6-12-7-10-4-2-3-5-11(10)8-13(12)14(15)16-9/h6-8H,2-5H2,1H3. The number of benzene rings is 1. The van der Waals surface area contributed by atoms with Crippen LogP contribution in [0.15, 0.2) is 27.4 Å². The molecule has 1 aromatic heterocycles. The molecule has 1 heterocycles. The van der Waals surface area contributed by atoms with E-state index in [2.05, 4.69) is 6.07 Å². The fraction of sp³-hybridized carbons (Fsp3) is 0.357. The minimum Gasteiger partial charge on any atom is -0.428 e. The first-order chi connectivity index (χ1) is 7.74. The van der Waals surface area contributed by atoms with E-state index >= 15 is 0 Å². The highest BCUT2D eigenvalue weighted by atomic mass is 16.4. The van der Waals surface area contributed by atoms with Gasteiger partial charge in [0.15, 0.2) is 0 Å². The Morgan fingerprint density at radius 1 is 1.06 bits per heavy atom. The number of hydrogen-bond acceptors (Lipinski definition) is 2. The van der Waals surface area contributed by atoms with Crippen molar-refractivity contribution in [2.75, 3.05) is 0 Å². The third kappa shape index (κ3) is 1.45. The van der Waals surface area contributed by atoms with Gasteiger partial charge in [0.2, 0.25) is 0 Å². The lowest BCUT2D eigenvalue weighted by atomic mass is 9.90. The zero-order valence-corrected chi connectivity index (χ0v) is 9.38. The summed E-state index contributed by atoms with van der Waals surface area (Å²) in [4.78, 5) is 11.7. The normalized spacial score (nSPS) is 15.1. The first-order valence-electron chi connectivity index (χ1n) is 5.80. The molecule has 2 heteroatoms. The molecular weight excluding hydrogens is 200 g/mol. The van der Waals surface area contributed by atoms with Gasteiger partial charge < -0.3 is 4.42 Å². The highest BCUT2D eigenvalue weighted by Crippen LogP contribution is 2.25. The van der Waals surface area contributed by atoms with Crippen LogP contribution in [0.25, 0.3) is 10.8 Å². The molecule has 0 fully saturated rings. The molecular formula is C14H14O2. The van der Waals surface area contributed by atoms with E-state index in [1.54, 1.807) is 0 Å². The molecule has 0 spiro atoms. The summed E-state index contributed by atoms with van der Waals surface area (Å²) in [7, 11) is 0. The predicted octanol–water partition coefficient (Wildman–Crippen LogP) is 2.98. The Morgan fingerprint density at radius 2 is 1.75 bits per heavy atom. The van der Waals surface area contributed by atoms with Crippen LogP contribution in [-0.4, -0.2) is 0 Å². The molecule has 2 aromatic rings. The van der Waals surface area contributed by atoms with E-state index < -0.39 is 0 Å². The molecule has 0 unspecified atom stereocenters. The van der Waals surface area contributed by atoms with E-state index in [9.17, 15) is 4.79 Å². The van der Waals surface area contributed by atoms with Gasteiger partial charge in [0.25, 0.3) is 0 Å². The van der Waals surface area contributed by atoms with Gasteiger partial charge in [-0.3, -0.25) is 0 Å². The van der Waals surface area contributed by atoms with Crippen LogP contribution in [0.5, 0.6) is 0 Å². The van der Waals surface area contributed by atoms with Crippen molar-refractivity contribution in [3.63, 3.8) is 0 Å². The molecule has 0 radical (unpaired) electrons. The molecule has 3 rings (SSSR count). The highest BCUT2D eigenvalue weighted by molar-refractivity contribution is 5.83. The van der Waals surface area contributed by atoms with Crippen molar-refractivity contribution < 1.29 is 4.42 Å². The Bertz CT molecular complexity index is 608. The quantitative estimate of drug-likeness (QED) is 0.674. The zero-order chi connectivity index (χ0) is 11.1. The Kier molecular flexibility index (Phi) is 2.10. The van der Waals surface area contributed by atoms with Gasteiger partial charge in [-0.25, -0.2) is 4.79 Å². The van der Waals surface area contributed by atoms with Crippen molar-refractivity contribution in [3.05, 3.63) is 45.5 Å². The van der Waals surface area contributed by atoms with Crippen LogP contribution < -0.4 is 5.63 Å². The molecule has 0 amide bonds. The van der Waals surface area contributed by atoms with Gasteiger partial charge in [-0.2, -0.15) is 0 Å². The lowest BCUT2D eigenvalue weighted by Crippen LogP contribution is -2.06. The number of hydrogen-bond donors (Lipinski definition) is 0. The molecule has 1 aliphatic carbocycles. The minimum absolute atomic E-state index is 0.205. The van der Waals surface area contributed by atoms with E-state index in [4.69, 9.17) is 4.42 Å². The van der Waals surface area contributed by atoms with Gasteiger partial charge in [0.1, 0.15) is 5.76 Å². The Labute approximate surface area is 93.9 Å². The highest BCUT2D eigenvalue weighted by Gasteiger charge is 2.12. The second kappa shape index (κ2) is 3.48. The van der Waals surface area contributed by atoms with E-state index in [0.29, 0.717) is 5.76 Å². The summed E-state index contributed by atoms with van der Waals surface area (Å²) in [5.74, 6) is 0.688. The average molecular weight is 214 g/mol. The molecule has 1 aromatic carbocycles. The summed E-state index contributed by atoms with van der Waals surface area (Å²) in [5, 5.41) is 1.75. The summed E-state index contributed by atoms with van der Waals surface area (Å²) in [5.41, 5.74) is 2.53. The average Bonchev–Trinajstić information content (AvgIpc) is 2.27. The van der Waals surface area contributed by atoms with Crippen LogP contribution in [-0.2, 0) is 12.8 Å². The first-order valence-corrected chi connectivity index (χ1v) is 5.80. The lowest BCUT2D eigenvalue weighted by molar-refractivity contribution is 0.488. The molecule has 2 nitrogen and oxygen atoms in total. The van der Waals surface area contributed by atoms with Crippen LogP contribution in [0, 0.1) is 6.92 Å². The first kappa shape index (κ1) is 9.64. The molecule has 16 heavy (non-hydrogen) atoms. The summed E-state index contributed by atoms with van der Waals surface area (Å²) < 4.78 is 5.13. The van der Waals surface area contributed by atoms with Crippen molar-refractivity contribution in [2.45, 2.75) is 32.6 Å². The maximum absolute atomic E-state index is 11.7. The van der Waals surface area contributed by atoms with Gasteiger partial charge >= 0.3 is 5.63 Å². The van der Waals surface area contributed by atoms with Gasteiger partial charge in [-0.05, 0) is 61.3 Å². The fourth-order valence-electron chi connectivity index (χ4n) is 2.55. The van der Waals surface area contributed by atoms with E-state index in [1.807, 2.05) is 19.1 Å². The molecule has 0 aliphatic heterocycles. The second-order valence-corrected chi connectivity index (χ2v) is 4.56. The minimum atomic E-state index is -0.205. The van der Waals surface area contributed by atoms with E-state index in [1.165, 1.54) is 24.0 Å². The van der Waals surface area contributed by atoms with Crippen LogP contribution in [0.1, 0.15) is 29.7 Å². The van der Waals surface area contributed by atoms with Gasteiger partial charge in [0.05, 0.1) is 5.39 Å². The number of rotatable bonds is 0. The third-order valence-electron chi connectivity index (χ3n) is 3.35. The molecule has 0 bridgehead atoms. The van der Waals surface area contributed by atoms with Crippen LogP contribution >= 0.6 is 0 Å². The molecule has 0 saturated heterocycles. The topological polar surface area (TPSA) is 30.2 Å². The van der Waals surface area contributed by atoms with Gasteiger partial charge in [0, 0.05) is 0 Å². The Hall–Kier alpha value is -1.57. The maximum atomic E-state index is 11.7. The Morgan fingerprint density at radius 3 is 2.50 bits per heavy atom. The van der Waals surface area contributed by atoms with E-state index in [-0.39, 0.29) is 5.63 Å². The summed E-state index contributed by atoms with van der Waals surface area (Å²) >= 11 is 0. The molecule has 0 N–H and O–H groups in total. The molecule has 0 saturated carbocycles. The van der Waals surface area contributed by atoms with E-state index in [0.717, 1.165) is 23.6 Å². The number of fused-ring (bicyclic) bond motifs is 2. The summed E-state index contributed by atoms with van der Waals surface area (Å²) in [6.07, 6.45) is 4.73. The number of aryl methyl sites for hydroxylation is 3.